The molecule has 2 rings (SSSR count). The Labute approximate surface area is 213 Å². The Bertz CT molecular complexity index is 630. The van der Waals surface area contributed by atoms with E-state index in [2.05, 4.69) is 44.0 Å². The van der Waals surface area contributed by atoms with Crippen LogP contribution in [0, 0.1) is 11.3 Å². The van der Waals surface area contributed by atoms with Crippen molar-refractivity contribution in [3.8, 4) is 6.07 Å². The van der Waals surface area contributed by atoms with Crippen molar-refractivity contribution in [3.63, 3.8) is 0 Å². The van der Waals surface area contributed by atoms with Crippen LogP contribution in [0.2, 0.25) is 0 Å². The molecule has 1 N–H and O–H groups in total. The van der Waals surface area contributed by atoms with Gasteiger partial charge in [-0.15, -0.1) is 0 Å². The zero-order valence-electron chi connectivity index (χ0n) is 18.0. The third kappa shape index (κ3) is 12.8. The van der Waals surface area contributed by atoms with Crippen LogP contribution in [0.5, 0.6) is 0 Å². The van der Waals surface area contributed by atoms with Gasteiger partial charge in [-0.3, -0.25) is 9.69 Å². The molecule has 0 aromatic heterocycles. The number of nitriles is 1. The zero-order chi connectivity index (χ0) is 19.9. The van der Waals surface area contributed by atoms with Crippen molar-refractivity contribution < 1.29 is 37.5 Å². The summed E-state index contributed by atoms with van der Waals surface area (Å²) in [6.45, 7) is 15.7. The smallest absolute Gasteiger partial charge is 0.237 e. The van der Waals surface area contributed by atoms with Crippen molar-refractivity contribution >= 4 is 5.91 Å². The summed E-state index contributed by atoms with van der Waals surface area (Å²) in [5.41, 5.74) is 1.85. The van der Waals surface area contributed by atoms with Gasteiger partial charge in [-0.05, 0) is 77.6 Å². The van der Waals surface area contributed by atoms with E-state index in [0.717, 1.165) is 24.9 Å². The van der Waals surface area contributed by atoms with Crippen LogP contribution in [0.25, 0.3) is 0 Å². The number of hydrogen-bond donors (Lipinski definition) is 1. The predicted molar refractivity (Wildman–Crippen MR) is 128 cm³/mol. The van der Waals surface area contributed by atoms with Gasteiger partial charge in [0.2, 0.25) is 5.91 Å². The molecule has 1 aromatic carbocycles. The summed E-state index contributed by atoms with van der Waals surface area (Å²) >= 11 is 0. The Morgan fingerprint density at radius 1 is 1.17 bits per heavy atom. The SMILES string of the molecule is C.C.C.CC(C)N1CCCC1C(=O)NC(C)(C)C.CC(C)c1cccc(C#N)c1.[Y]. The van der Waals surface area contributed by atoms with Crippen LogP contribution in [0.15, 0.2) is 24.3 Å². The van der Waals surface area contributed by atoms with Gasteiger partial charge in [-0.2, -0.15) is 5.26 Å². The second-order valence-electron chi connectivity index (χ2n) is 8.62. The van der Waals surface area contributed by atoms with Crippen molar-refractivity contribution in [2.24, 2.45) is 0 Å². The Morgan fingerprint density at radius 2 is 1.73 bits per heavy atom. The minimum atomic E-state index is -0.123. The maximum absolute atomic E-state index is 12.0. The van der Waals surface area contributed by atoms with Crippen molar-refractivity contribution in [2.45, 2.75) is 107 Å². The summed E-state index contributed by atoms with van der Waals surface area (Å²) in [5.74, 6) is 0.692. The predicted octanol–water partition coefficient (Wildman–Crippen LogP) is 6.36. The molecular formula is C25H47N3OY. The number of carbonyl (C=O) groups excluding carboxylic acids is 1. The molecule has 1 saturated heterocycles. The van der Waals surface area contributed by atoms with E-state index in [9.17, 15) is 4.79 Å². The molecule has 0 saturated carbocycles. The summed E-state index contributed by atoms with van der Waals surface area (Å²) in [7, 11) is 0. The van der Waals surface area contributed by atoms with Crippen molar-refractivity contribution in [1.82, 2.24) is 10.2 Å². The topological polar surface area (TPSA) is 56.1 Å². The van der Waals surface area contributed by atoms with Gasteiger partial charge in [0.25, 0.3) is 0 Å². The second kappa shape index (κ2) is 16.9. The Balaban J connectivity index is -0.000000205. The minimum Gasteiger partial charge on any atom is -0.350 e. The molecule has 4 nitrogen and oxygen atoms in total. The van der Waals surface area contributed by atoms with Crippen LogP contribution >= 0.6 is 0 Å². The molecule has 0 bridgehead atoms. The molecule has 1 heterocycles. The second-order valence-corrected chi connectivity index (χ2v) is 8.62. The number of nitrogens with zero attached hydrogens (tertiary/aromatic N) is 2. The fourth-order valence-corrected chi connectivity index (χ4v) is 3.11. The van der Waals surface area contributed by atoms with Crippen molar-refractivity contribution in [1.29, 1.82) is 5.26 Å². The normalized spacial score (nSPS) is 15.3. The molecule has 1 atom stereocenters. The number of hydrogen-bond acceptors (Lipinski definition) is 3. The van der Waals surface area contributed by atoms with Gasteiger partial charge in [-0.25, -0.2) is 0 Å². The van der Waals surface area contributed by atoms with E-state index in [-0.39, 0.29) is 72.5 Å². The van der Waals surface area contributed by atoms with Gasteiger partial charge >= 0.3 is 0 Å². The number of carbonyl (C=O) groups is 1. The number of benzene rings is 1. The molecular weight excluding hydrogens is 447 g/mol. The average Bonchev–Trinajstić information content (AvgIpc) is 3.04. The summed E-state index contributed by atoms with van der Waals surface area (Å²) in [6.07, 6.45) is 2.14. The van der Waals surface area contributed by atoms with Crippen molar-refractivity contribution in [2.75, 3.05) is 6.54 Å². The maximum atomic E-state index is 12.0. The molecule has 1 aliphatic heterocycles. The Hall–Kier alpha value is -0.756. The van der Waals surface area contributed by atoms with Gasteiger partial charge in [0.15, 0.2) is 0 Å². The molecule has 30 heavy (non-hydrogen) atoms. The number of likely N-dealkylation sites (tertiary alicyclic amines) is 1. The molecule has 1 fully saturated rings. The standard InChI is InChI=1S/C12H24N2O.C10H11N.3CH4.Y/c1-9(2)14-8-6-7-10(14)11(15)13-12(3,4)5;1-8(2)10-5-3-4-9(6-10)7-11;;;;/h9-10H,6-8H2,1-5H3,(H,13,15);3-6,8H,1-2H3;3*1H4;. The van der Waals surface area contributed by atoms with E-state index < -0.39 is 0 Å². The third-order valence-corrected chi connectivity index (χ3v) is 4.44. The minimum absolute atomic E-state index is 0. The zero-order valence-corrected chi connectivity index (χ0v) is 20.9. The van der Waals surface area contributed by atoms with E-state index >= 15 is 0 Å². The number of nitrogens with one attached hydrogen (secondary N) is 1. The molecule has 0 aliphatic carbocycles. The first-order chi connectivity index (χ1) is 12.0. The molecule has 1 radical (unpaired) electrons. The first-order valence-electron chi connectivity index (χ1n) is 9.63. The first-order valence-corrected chi connectivity index (χ1v) is 9.63. The Kier molecular flexibility index (Phi) is 20.6. The fraction of sp³-hybridized carbons (Fsp3) is 0.680. The van der Waals surface area contributed by atoms with Gasteiger partial charge in [0.05, 0.1) is 17.7 Å². The Morgan fingerprint density at radius 3 is 2.17 bits per heavy atom. The number of rotatable bonds is 3. The van der Waals surface area contributed by atoms with Crippen LogP contribution in [0.3, 0.4) is 0 Å². The van der Waals surface area contributed by atoms with Crippen LogP contribution in [-0.4, -0.2) is 35.0 Å². The molecule has 171 valence electrons. The van der Waals surface area contributed by atoms with E-state index in [1.165, 1.54) is 5.56 Å². The molecule has 1 unspecified atom stereocenters. The van der Waals surface area contributed by atoms with E-state index in [1.807, 2.05) is 45.0 Å². The average molecular weight is 495 g/mol. The van der Waals surface area contributed by atoms with Crippen LogP contribution in [-0.2, 0) is 37.5 Å². The van der Waals surface area contributed by atoms with Gasteiger partial charge in [-0.1, -0.05) is 48.3 Å². The van der Waals surface area contributed by atoms with Crippen LogP contribution in [0.4, 0.5) is 0 Å². The molecule has 0 spiro atoms. The first kappa shape index (κ1) is 36.6. The summed E-state index contributed by atoms with van der Waals surface area (Å²) in [5, 5.41) is 11.7. The summed E-state index contributed by atoms with van der Waals surface area (Å²) in [6, 6.07) is 10.4. The molecule has 1 amide bonds. The molecule has 1 aliphatic rings. The van der Waals surface area contributed by atoms with E-state index in [4.69, 9.17) is 5.26 Å². The monoisotopic (exact) mass is 494 g/mol. The van der Waals surface area contributed by atoms with Gasteiger partial charge in [0, 0.05) is 44.3 Å². The fourth-order valence-electron chi connectivity index (χ4n) is 3.11. The molecule has 5 heteroatoms. The van der Waals surface area contributed by atoms with E-state index in [0.29, 0.717) is 12.0 Å². The largest absolute Gasteiger partial charge is 0.350 e. The van der Waals surface area contributed by atoms with Gasteiger partial charge in [0.1, 0.15) is 0 Å². The van der Waals surface area contributed by atoms with Gasteiger partial charge < -0.3 is 5.32 Å². The summed E-state index contributed by atoms with van der Waals surface area (Å²) < 4.78 is 0. The maximum Gasteiger partial charge on any atom is 0.237 e. The van der Waals surface area contributed by atoms with Crippen LogP contribution < -0.4 is 5.32 Å². The van der Waals surface area contributed by atoms with Crippen molar-refractivity contribution in [3.05, 3.63) is 35.4 Å². The number of amides is 1. The quantitative estimate of drug-likeness (QED) is 0.532. The third-order valence-electron chi connectivity index (χ3n) is 4.44. The summed E-state index contributed by atoms with van der Waals surface area (Å²) in [4.78, 5) is 14.3. The molecule has 1 aromatic rings. The van der Waals surface area contributed by atoms with Crippen LogP contribution in [0.1, 0.15) is 101 Å². The van der Waals surface area contributed by atoms with E-state index in [1.54, 1.807) is 0 Å².